The summed E-state index contributed by atoms with van der Waals surface area (Å²) < 4.78 is 6.47. The summed E-state index contributed by atoms with van der Waals surface area (Å²) in [6, 6.07) is 42.9. The zero-order valence-corrected chi connectivity index (χ0v) is 23.0. The van der Waals surface area contributed by atoms with E-state index in [2.05, 4.69) is 149 Å². The molecule has 0 aliphatic heterocycles. The predicted octanol–water partition coefficient (Wildman–Crippen LogP) is 10.4. The van der Waals surface area contributed by atoms with Crippen LogP contribution >= 0.6 is 0 Å². The first-order chi connectivity index (χ1) is 20.8. The monoisotopic (exact) mass is 540 g/mol. The van der Waals surface area contributed by atoms with E-state index < -0.39 is 0 Å². The fourth-order valence-electron chi connectivity index (χ4n) is 6.23. The molecule has 3 nitrogen and oxygen atoms in total. The van der Waals surface area contributed by atoms with E-state index in [1.807, 2.05) is 12.4 Å². The zero-order chi connectivity index (χ0) is 27.9. The second-order valence-corrected chi connectivity index (χ2v) is 10.8. The first-order valence-electron chi connectivity index (χ1n) is 14.4. The van der Waals surface area contributed by atoms with Gasteiger partial charge in [-0.2, -0.15) is 0 Å². The van der Waals surface area contributed by atoms with Gasteiger partial charge in [0.1, 0.15) is 11.2 Å². The maximum atomic E-state index is 6.47. The zero-order valence-electron chi connectivity index (χ0n) is 23.0. The van der Waals surface area contributed by atoms with Crippen molar-refractivity contribution in [3.8, 4) is 11.1 Å². The van der Waals surface area contributed by atoms with Crippen LogP contribution in [0, 0.1) is 0 Å². The average Bonchev–Trinajstić information content (AvgIpc) is 3.46. The third kappa shape index (κ3) is 4.18. The number of aromatic nitrogens is 1. The highest BCUT2D eigenvalue weighted by atomic mass is 16.3. The number of para-hydroxylation sites is 1. The highest BCUT2D eigenvalue weighted by Crippen LogP contribution is 2.40. The molecule has 5 aromatic carbocycles. The van der Waals surface area contributed by atoms with Gasteiger partial charge < -0.3 is 9.32 Å². The normalized spacial score (nSPS) is 14.9. The van der Waals surface area contributed by atoms with Crippen LogP contribution in [0.3, 0.4) is 0 Å². The van der Waals surface area contributed by atoms with Crippen LogP contribution in [0.25, 0.3) is 49.4 Å². The van der Waals surface area contributed by atoms with E-state index in [4.69, 9.17) is 4.42 Å². The summed E-state index contributed by atoms with van der Waals surface area (Å²) in [6.45, 7) is 0. The molecule has 1 aliphatic carbocycles. The summed E-state index contributed by atoms with van der Waals surface area (Å²) in [6.07, 6.45) is 11.7. The van der Waals surface area contributed by atoms with Crippen molar-refractivity contribution in [2.24, 2.45) is 0 Å². The van der Waals surface area contributed by atoms with Gasteiger partial charge in [0.2, 0.25) is 0 Å². The van der Waals surface area contributed by atoms with Crippen LogP contribution in [-0.4, -0.2) is 11.0 Å². The minimum absolute atomic E-state index is 0.208. The van der Waals surface area contributed by atoms with Gasteiger partial charge in [-0.1, -0.05) is 109 Å². The topological polar surface area (TPSA) is 29.3 Å². The maximum Gasteiger partial charge on any atom is 0.146 e. The highest BCUT2D eigenvalue weighted by Gasteiger charge is 2.21. The molecular formula is C39H28N2O. The maximum absolute atomic E-state index is 6.47. The van der Waals surface area contributed by atoms with Crippen molar-refractivity contribution < 1.29 is 4.42 Å². The number of benzene rings is 5. The van der Waals surface area contributed by atoms with Gasteiger partial charge in [0.25, 0.3) is 0 Å². The van der Waals surface area contributed by atoms with E-state index >= 15 is 0 Å². The first-order valence-corrected chi connectivity index (χ1v) is 14.4. The van der Waals surface area contributed by atoms with Crippen molar-refractivity contribution in [2.75, 3.05) is 4.90 Å². The second-order valence-electron chi connectivity index (χ2n) is 10.8. The molecule has 0 bridgehead atoms. The SMILES string of the molecule is C1=CC(N(c2ccccc2)c2ccc(-c3cncc4c3oc3ccc5ccccc5c34)cc2)CC=C1c1ccccc1. The molecule has 0 radical (unpaired) electrons. The van der Waals surface area contributed by atoms with Crippen LogP contribution in [0.5, 0.6) is 0 Å². The third-order valence-electron chi connectivity index (χ3n) is 8.28. The summed E-state index contributed by atoms with van der Waals surface area (Å²) >= 11 is 0. The summed E-state index contributed by atoms with van der Waals surface area (Å²) in [4.78, 5) is 7.06. The molecule has 3 heteroatoms. The Bertz CT molecular complexity index is 2110. The van der Waals surface area contributed by atoms with Crippen molar-refractivity contribution in [1.82, 2.24) is 4.98 Å². The average molecular weight is 541 g/mol. The Morgan fingerprint density at radius 1 is 0.643 bits per heavy atom. The van der Waals surface area contributed by atoms with E-state index in [9.17, 15) is 0 Å². The molecule has 0 saturated heterocycles. The largest absolute Gasteiger partial charge is 0.455 e. The van der Waals surface area contributed by atoms with Gasteiger partial charge in [0.15, 0.2) is 0 Å². The van der Waals surface area contributed by atoms with Gasteiger partial charge >= 0.3 is 0 Å². The fraction of sp³-hybridized carbons (Fsp3) is 0.0513. The molecule has 2 heterocycles. The van der Waals surface area contributed by atoms with E-state index in [1.165, 1.54) is 27.6 Å². The Labute approximate surface area is 244 Å². The second kappa shape index (κ2) is 10.2. The molecule has 0 N–H and O–H groups in total. The number of hydrogen-bond donors (Lipinski definition) is 0. The number of fused-ring (bicyclic) bond motifs is 5. The molecule has 200 valence electrons. The smallest absolute Gasteiger partial charge is 0.146 e. The van der Waals surface area contributed by atoms with Gasteiger partial charge in [-0.05, 0) is 64.2 Å². The van der Waals surface area contributed by atoms with Crippen molar-refractivity contribution in [2.45, 2.75) is 12.5 Å². The Balaban J connectivity index is 1.17. The fourth-order valence-corrected chi connectivity index (χ4v) is 6.23. The van der Waals surface area contributed by atoms with Gasteiger partial charge in [-0.25, -0.2) is 0 Å². The Morgan fingerprint density at radius 2 is 1.38 bits per heavy atom. The molecule has 0 spiro atoms. The predicted molar refractivity (Wildman–Crippen MR) is 175 cm³/mol. The van der Waals surface area contributed by atoms with E-state index in [-0.39, 0.29) is 6.04 Å². The summed E-state index contributed by atoms with van der Waals surface area (Å²) in [5.74, 6) is 0. The molecular weight excluding hydrogens is 512 g/mol. The molecule has 1 atom stereocenters. The number of rotatable bonds is 5. The van der Waals surface area contributed by atoms with Crippen molar-refractivity contribution in [3.05, 3.63) is 158 Å². The molecule has 8 rings (SSSR count). The number of furan rings is 1. The standard InChI is InChI=1S/C39H28N2O/c1-3-9-27(10-4-1)28-15-20-32(21-16-28)41(31-12-5-2-6-13-31)33-22-17-30(18-23-33)35-25-40-26-36-38-34-14-8-7-11-29(34)19-24-37(38)42-39(35)36/h1-20,22-26,32H,21H2. The Morgan fingerprint density at radius 3 is 2.17 bits per heavy atom. The molecule has 42 heavy (non-hydrogen) atoms. The van der Waals surface area contributed by atoms with Gasteiger partial charge in [0, 0.05) is 40.1 Å². The van der Waals surface area contributed by atoms with Gasteiger partial charge in [0.05, 0.1) is 6.04 Å². The minimum Gasteiger partial charge on any atom is -0.455 e. The lowest BCUT2D eigenvalue weighted by Gasteiger charge is -2.33. The Hall–Kier alpha value is -5.41. The van der Waals surface area contributed by atoms with Crippen LogP contribution in [0.15, 0.2) is 156 Å². The van der Waals surface area contributed by atoms with Crippen LogP contribution in [0.1, 0.15) is 12.0 Å². The summed E-state index contributed by atoms with van der Waals surface area (Å²) in [7, 11) is 0. The molecule has 0 saturated carbocycles. The molecule has 7 aromatic rings. The van der Waals surface area contributed by atoms with Crippen molar-refractivity contribution in [3.63, 3.8) is 0 Å². The van der Waals surface area contributed by atoms with Crippen LogP contribution in [0.4, 0.5) is 11.4 Å². The van der Waals surface area contributed by atoms with E-state index in [0.29, 0.717) is 0 Å². The van der Waals surface area contributed by atoms with Crippen LogP contribution < -0.4 is 4.90 Å². The first kappa shape index (κ1) is 24.4. The summed E-state index contributed by atoms with van der Waals surface area (Å²) in [5, 5.41) is 4.55. The number of anilines is 2. The van der Waals surface area contributed by atoms with Gasteiger partial charge in [-0.3, -0.25) is 4.98 Å². The van der Waals surface area contributed by atoms with Crippen LogP contribution in [-0.2, 0) is 0 Å². The van der Waals surface area contributed by atoms with Crippen molar-refractivity contribution in [1.29, 1.82) is 0 Å². The molecule has 1 aliphatic rings. The van der Waals surface area contributed by atoms with E-state index in [0.717, 1.165) is 45.2 Å². The number of hydrogen-bond acceptors (Lipinski definition) is 3. The number of nitrogens with zero attached hydrogens (tertiary/aromatic N) is 2. The third-order valence-corrected chi connectivity index (χ3v) is 8.28. The van der Waals surface area contributed by atoms with Crippen LogP contribution in [0.2, 0.25) is 0 Å². The molecule has 1 unspecified atom stereocenters. The lowest BCUT2D eigenvalue weighted by molar-refractivity contribution is 0.670. The quantitative estimate of drug-likeness (QED) is 0.217. The molecule has 2 aromatic heterocycles. The molecule has 0 amide bonds. The van der Waals surface area contributed by atoms with Gasteiger partial charge in [-0.15, -0.1) is 0 Å². The van der Waals surface area contributed by atoms with E-state index in [1.54, 1.807) is 0 Å². The van der Waals surface area contributed by atoms with Crippen molar-refractivity contribution >= 4 is 49.7 Å². The lowest BCUT2D eigenvalue weighted by Crippen LogP contribution is -2.30. The lowest BCUT2D eigenvalue weighted by atomic mass is 9.95. The molecule has 0 fully saturated rings. The number of pyridine rings is 1. The Kier molecular flexibility index (Phi) is 5.93. The number of allylic oxidation sites excluding steroid dienone is 2. The minimum atomic E-state index is 0.208. The highest BCUT2D eigenvalue weighted by molar-refractivity contribution is 6.20. The summed E-state index contributed by atoms with van der Waals surface area (Å²) in [5.41, 5.74) is 8.68.